The first-order valence-electron chi connectivity index (χ1n) is 7.77. The van der Waals surface area contributed by atoms with Crippen LogP contribution in [0.25, 0.3) is 0 Å². The van der Waals surface area contributed by atoms with Crippen LogP contribution in [-0.2, 0) is 14.3 Å². The van der Waals surface area contributed by atoms with Gasteiger partial charge in [-0.2, -0.15) is 0 Å². The third-order valence-corrected chi connectivity index (χ3v) is 4.29. The summed E-state index contributed by atoms with van der Waals surface area (Å²) in [5.41, 5.74) is 0. The zero-order chi connectivity index (χ0) is 13.7. The number of nitrogens with zero attached hydrogens (tertiary/aromatic N) is 1. The van der Waals surface area contributed by atoms with Crippen molar-refractivity contribution in [1.82, 2.24) is 4.90 Å². The molecule has 0 saturated carbocycles. The smallest absolute Gasteiger partial charge is 0.225 e. The molecule has 2 fully saturated rings. The lowest BCUT2D eigenvalue weighted by Crippen LogP contribution is -2.52. The molecule has 1 atom stereocenters. The van der Waals surface area contributed by atoms with Gasteiger partial charge in [0, 0.05) is 18.9 Å². The summed E-state index contributed by atoms with van der Waals surface area (Å²) in [6.07, 6.45) is 6.13. The molecule has 2 aliphatic heterocycles. The van der Waals surface area contributed by atoms with E-state index < -0.39 is 5.79 Å². The Hall–Kier alpha value is -0.610. The zero-order valence-electron chi connectivity index (χ0n) is 12.3. The lowest BCUT2D eigenvalue weighted by Gasteiger charge is -2.39. The van der Waals surface area contributed by atoms with Gasteiger partial charge < -0.3 is 14.4 Å². The number of unbranched alkanes of at least 4 members (excludes halogenated alkanes) is 1. The third kappa shape index (κ3) is 3.48. The lowest BCUT2D eigenvalue weighted by atomic mass is 9.95. The number of piperidine rings is 1. The second-order valence-electron chi connectivity index (χ2n) is 5.72. The van der Waals surface area contributed by atoms with Gasteiger partial charge in [-0.3, -0.25) is 4.79 Å². The number of rotatable bonds is 5. The van der Waals surface area contributed by atoms with Crippen molar-refractivity contribution in [2.24, 2.45) is 5.92 Å². The van der Waals surface area contributed by atoms with Crippen molar-refractivity contribution in [3.05, 3.63) is 0 Å². The summed E-state index contributed by atoms with van der Waals surface area (Å²) >= 11 is 0. The van der Waals surface area contributed by atoms with Crippen LogP contribution in [-0.4, -0.2) is 42.9 Å². The van der Waals surface area contributed by atoms with Crippen LogP contribution in [0.15, 0.2) is 0 Å². The maximum Gasteiger partial charge on any atom is 0.225 e. The number of amides is 1. The minimum Gasteiger partial charge on any atom is -0.346 e. The van der Waals surface area contributed by atoms with Crippen molar-refractivity contribution in [2.45, 2.75) is 58.2 Å². The molecule has 2 rings (SSSR count). The van der Waals surface area contributed by atoms with Crippen molar-refractivity contribution < 1.29 is 14.3 Å². The molecule has 4 heteroatoms. The van der Waals surface area contributed by atoms with Crippen LogP contribution in [0.3, 0.4) is 0 Å². The van der Waals surface area contributed by atoms with E-state index in [1.807, 2.05) is 4.90 Å². The highest BCUT2D eigenvalue weighted by Gasteiger charge is 2.42. The summed E-state index contributed by atoms with van der Waals surface area (Å²) in [6, 6.07) is 0. The Morgan fingerprint density at radius 1 is 1.32 bits per heavy atom. The van der Waals surface area contributed by atoms with E-state index >= 15 is 0 Å². The summed E-state index contributed by atoms with van der Waals surface area (Å²) in [5.74, 6) is -0.0117. The van der Waals surface area contributed by atoms with E-state index in [2.05, 4.69) is 13.8 Å². The average Bonchev–Trinajstić information content (AvgIpc) is 2.87. The Labute approximate surface area is 116 Å². The fourth-order valence-corrected chi connectivity index (χ4v) is 3.12. The molecule has 1 spiro atoms. The maximum atomic E-state index is 12.6. The predicted molar refractivity (Wildman–Crippen MR) is 73.8 cm³/mol. The minimum absolute atomic E-state index is 0.177. The van der Waals surface area contributed by atoms with Crippen LogP contribution in [0.2, 0.25) is 0 Å². The molecule has 1 unspecified atom stereocenters. The first kappa shape index (κ1) is 14.8. The van der Waals surface area contributed by atoms with Gasteiger partial charge in [0.05, 0.1) is 19.8 Å². The molecule has 19 heavy (non-hydrogen) atoms. The second-order valence-corrected chi connectivity index (χ2v) is 5.72. The van der Waals surface area contributed by atoms with Crippen LogP contribution in [0.5, 0.6) is 0 Å². The standard InChI is InChI=1S/C15H27NO3/c1-3-5-7-13(4-2)14(17)16-9-6-8-15(12-16)18-10-11-19-15/h13H,3-12H2,1-2H3. The van der Waals surface area contributed by atoms with Gasteiger partial charge in [0.25, 0.3) is 0 Å². The maximum absolute atomic E-state index is 12.6. The highest BCUT2D eigenvalue weighted by atomic mass is 16.7. The molecule has 2 heterocycles. The highest BCUT2D eigenvalue weighted by molar-refractivity contribution is 5.79. The molecule has 0 N–H and O–H groups in total. The molecule has 2 aliphatic rings. The molecule has 0 aromatic rings. The molecular formula is C15H27NO3. The zero-order valence-corrected chi connectivity index (χ0v) is 12.3. The van der Waals surface area contributed by atoms with E-state index in [0.717, 1.165) is 45.1 Å². The molecule has 0 aromatic heterocycles. The van der Waals surface area contributed by atoms with Crippen LogP contribution in [0.4, 0.5) is 0 Å². The number of hydrogen-bond acceptors (Lipinski definition) is 3. The highest BCUT2D eigenvalue weighted by Crippen LogP contribution is 2.31. The molecule has 1 amide bonds. The average molecular weight is 269 g/mol. The molecule has 0 aromatic carbocycles. The van der Waals surface area contributed by atoms with Gasteiger partial charge in [0.15, 0.2) is 5.79 Å². The van der Waals surface area contributed by atoms with E-state index in [1.165, 1.54) is 0 Å². The molecule has 0 aliphatic carbocycles. The van der Waals surface area contributed by atoms with E-state index in [0.29, 0.717) is 25.7 Å². The van der Waals surface area contributed by atoms with Crippen LogP contribution in [0, 0.1) is 5.92 Å². The third-order valence-electron chi connectivity index (χ3n) is 4.29. The fraction of sp³-hybridized carbons (Fsp3) is 0.933. The van der Waals surface area contributed by atoms with Crippen molar-refractivity contribution in [3.63, 3.8) is 0 Å². The Balaban J connectivity index is 1.93. The topological polar surface area (TPSA) is 38.8 Å². The van der Waals surface area contributed by atoms with Gasteiger partial charge in [0.2, 0.25) is 5.91 Å². The van der Waals surface area contributed by atoms with E-state index in [9.17, 15) is 4.79 Å². The summed E-state index contributed by atoms with van der Waals surface area (Å²) < 4.78 is 11.5. The normalized spacial score (nSPS) is 23.8. The van der Waals surface area contributed by atoms with Gasteiger partial charge >= 0.3 is 0 Å². The largest absolute Gasteiger partial charge is 0.346 e. The Morgan fingerprint density at radius 2 is 2.05 bits per heavy atom. The predicted octanol–water partition coefficient (Wildman–Crippen LogP) is 2.57. The number of ether oxygens (including phenoxy) is 2. The van der Waals surface area contributed by atoms with Gasteiger partial charge in [-0.05, 0) is 19.3 Å². The summed E-state index contributed by atoms with van der Waals surface area (Å²) in [6.45, 7) is 7.09. The van der Waals surface area contributed by atoms with Gasteiger partial charge in [-0.1, -0.05) is 26.7 Å². The Kier molecular flexibility index (Phi) is 5.22. The molecule has 0 radical (unpaired) electrons. The van der Waals surface area contributed by atoms with Gasteiger partial charge in [-0.15, -0.1) is 0 Å². The first-order valence-corrected chi connectivity index (χ1v) is 7.77. The fourth-order valence-electron chi connectivity index (χ4n) is 3.12. The van der Waals surface area contributed by atoms with Crippen molar-refractivity contribution in [3.8, 4) is 0 Å². The number of likely N-dealkylation sites (tertiary alicyclic amines) is 1. The summed E-state index contributed by atoms with van der Waals surface area (Å²) in [5, 5.41) is 0. The van der Waals surface area contributed by atoms with Gasteiger partial charge in [0.1, 0.15) is 0 Å². The lowest BCUT2D eigenvalue weighted by molar-refractivity contribution is -0.194. The number of carbonyl (C=O) groups excluding carboxylic acids is 1. The van der Waals surface area contributed by atoms with Crippen LogP contribution in [0.1, 0.15) is 52.4 Å². The van der Waals surface area contributed by atoms with Crippen LogP contribution >= 0.6 is 0 Å². The monoisotopic (exact) mass is 269 g/mol. The Morgan fingerprint density at radius 3 is 2.68 bits per heavy atom. The van der Waals surface area contributed by atoms with Crippen molar-refractivity contribution in [1.29, 1.82) is 0 Å². The second kappa shape index (κ2) is 6.71. The SMILES string of the molecule is CCCCC(CC)C(=O)N1CCCC2(C1)OCCO2. The number of hydrogen-bond donors (Lipinski definition) is 0. The minimum atomic E-state index is -0.489. The molecule has 0 bridgehead atoms. The molecule has 110 valence electrons. The summed E-state index contributed by atoms with van der Waals surface area (Å²) in [4.78, 5) is 14.6. The summed E-state index contributed by atoms with van der Waals surface area (Å²) in [7, 11) is 0. The van der Waals surface area contributed by atoms with Crippen LogP contribution < -0.4 is 0 Å². The molecule has 2 saturated heterocycles. The van der Waals surface area contributed by atoms with Gasteiger partial charge in [-0.25, -0.2) is 0 Å². The molecule has 4 nitrogen and oxygen atoms in total. The van der Waals surface area contributed by atoms with Crippen molar-refractivity contribution >= 4 is 5.91 Å². The van der Waals surface area contributed by atoms with Crippen molar-refractivity contribution in [2.75, 3.05) is 26.3 Å². The molecular weight excluding hydrogens is 242 g/mol. The van der Waals surface area contributed by atoms with E-state index in [4.69, 9.17) is 9.47 Å². The van der Waals surface area contributed by atoms with E-state index in [1.54, 1.807) is 0 Å². The quantitative estimate of drug-likeness (QED) is 0.770. The van der Waals surface area contributed by atoms with E-state index in [-0.39, 0.29) is 5.92 Å². The first-order chi connectivity index (χ1) is 9.21. The number of carbonyl (C=O) groups is 1. The Bertz CT molecular complexity index is 300.